The van der Waals surface area contributed by atoms with Crippen molar-refractivity contribution in [1.29, 1.82) is 0 Å². The standard InChI is InChI=1S/C14H12BrN3O/c1-19-12-4-2-10(3-5-12)9-18-14-6-11(15)7-16-13(14)8-17-18/h2-8H,9H2,1H3. The molecule has 5 heteroatoms. The fourth-order valence-electron chi connectivity index (χ4n) is 1.96. The lowest BCUT2D eigenvalue weighted by atomic mass is 10.2. The van der Waals surface area contributed by atoms with E-state index in [4.69, 9.17) is 4.74 Å². The first-order valence-corrected chi connectivity index (χ1v) is 6.65. The number of hydrogen-bond acceptors (Lipinski definition) is 3. The minimum absolute atomic E-state index is 0.714. The van der Waals surface area contributed by atoms with Crippen molar-refractivity contribution in [1.82, 2.24) is 14.8 Å². The highest BCUT2D eigenvalue weighted by Crippen LogP contribution is 2.18. The van der Waals surface area contributed by atoms with E-state index in [0.29, 0.717) is 6.54 Å². The third-order valence-corrected chi connectivity index (χ3v) is 3.39. The van der Waals surface area contributed by atoms with Gasteiger partial charge >= 0.3 is 0 Å². The van der Waals surface area contributed by atoms with Crippen LogP contribution in [0.1, 0.15) is 5.56 Å². The number of ether oxygens (including phenoxy) is 1. The number of pyridine rings is 1. The van der Waals surface area contributed by atoms with E-state index in [1.54, 1.807) is 19.5 Å². The Balaban J connectivity index is 1.93. The van der Waals surface area contributed by atoms with Gasteiger partial charge in [0.25, 0.3) is 0 Å². The Morgan fingerprint density at radius 2 is 2.00 bits per heavy atom. The van der Waals surface area contributed by atoms with Gasteiger partial charge in [0.1, 0.15) is 11.3 Å². The molecule has 2 aromatic heterocycles. The Kier molecular flexibility index (Phi) is 3.21. The highest BCUT2D eigenvalue weighted by atomic mass is 79.9. The maximum atomic E-state index is 5.15. The highest BCUT2D eigenvalue weighted by molar-refractivity contribution is 9.10. The maximum Gasteiger partial charge on any atom is 0.118 e. The van der Waals surface area contributed by atoms with Gasteiger partial charge in [-0.15, -0.1) is 0 Å². The van der Waals surface area contributed by atoms with E-state index in [1.165, 1.54) is 5.56 Å². The molecule has 3 rings (SSSR count). The van der Waals surface area contributed by atoms with Crippen LogP contribution in [0.15, 0.2) is 47.2 Å². The third-order valence-electron chi connectivity index (χ3n) is 2.95. The van der Waals surface area contributed by atoms with Crippen LogP contribution in [0.25, 0.3) is 11.0 Å². The van der Waals surface area contributed by atoms with Crippen molar-refractivity contribution in [2.75, 3.05) is 7.11 Å². The molecule has 0 amide bonds. The van der Waals surface area contributed by atoms with Gasteiger partial charge in [0.2, 0.25) is 0 Å². The number of nitrogens with zero attached hydrogens (tertiary/aromatic N) is 3. The number of hydrogen-bond donors (Lipinski definition) is 0. The van der Waals surface area contributed by atoms with Crippen LogP contribution >= 0.6 is 15.9 Å². The number of aromatic nitrogens is 3. The molecule has 0 aliphatic heterocycles. The zero-order chi connectivity index (χ0) is 13.2. The molecule has 0 aliphatic rings. The molecule has 0 spiro atoms. The maximum absolute atomic E-state index is 5.15. The first-order chi connectivity index (χ1) is 9.26. The van der Waals surface area contributed by atoms with Gasteiger partial charge in [-0.3, -0.25) is 9.67 Å². The zero-order valence-electron chi connectivity index (χ0n) is 10.4. The van der Waals surface area contributed by atoms with Gasteiger partial charge in [0.15, 0.2) is 0 Å². The van der Waals surface area contributed by atoms with Crippen LogP contribution in [0.5, 0.6) is 5.75 Å². The molecule has 96 valence electrons. The summed E-state index contributed by atoms with van der Waals surface area (Å²) in [6.07, 6.45) is 3.56. The minimum Gasteiger partial charge on any atom is -0.497 e. The van der Waals surface area contributed by atoms with Crippen LogP contribution in [-0.4, -0.2) is 21.9 Å². The van der Waals surface area contributed by atoms with Crippen molar-refractivity contribution in [3.63, 3.8) is 0 Å². The van der Waals surface area contributed by atoms with Gasteiger partial charge in [0.05, 0.1) is 25.4 Å². The quantitative estimate of drug-likeness (QED) is 0.744. The van der Waals surface area contributed by atoms with Crippen molar-refractivity contribution < 1.29 is 4.74 Å². The van der Waals surface area contributed by atoms with E-state index in [1.807, 2.05) is 35.0 Å². The van der Waals surface area contributed by atoms with Crippen molar-refractivity contribution in [3.8, 4) is 5.75 Å². The number of methoxy groups -OCH3 is 1. The van der Waals surface area contributed by atoms with E-state index in [-0.39, 0.29) is 0 Å². The topological polar surface area (TPSA) is 39.9 Å². The summed E-state index contributed by atoms with van der Waals surface area (Å²) in [4.78, 5) is 4.32. The van der Waals surface area contributed by atoms with Crippen molar-refractivity contribution in [2.24, 2.45) is 0 Å². The Labute approximate surface area is 119 Å². The molecule has 0 bridgehead atoms. The molecule has 0 saturated carbocycles. The molecule has 0 N–H and O–H groups in total. The molecule has 3 aromatic rings. The number of benzene rings is 1. The van der Waals surface area contributed by atoms with Gasteiger partial charge in [-0.2, -0.15) is 5.10 Å². The van der Waals surface area contributed by atoms with Gasteiger partial charge in [0, 0.05) is 10.7 Å². The summed E-state index contributed by atoms with van der Waals surface area (Å²) in [5.41, 5.74) is 3.09. The third kappa shape index (κ3) is 2.46. The summed E-state index contributed by atoms with van der Waals surface area (Å²) in [5.74, 6) is 0.860. The largest absolute Gasteiger partial charge is 0.497 e. The molecule has 0 radical (unpaired) electrons. The molecule has 1 aromatic carbocycles. The molecule has 0 saturated heterocycles. The molecular formula is C14H12BrN3O. The van der Waals surface area contributed by atoms with Gasteiger partial charge in [-0.25, -0.2) is 0 Å². The van der Waals surface area contributed by atoms with Crippen LogP contribution in [-0.2, 0) is 6.54 Å². The van der Waals surface area contributed by atoms with Crippen LogP contribution in [0, 0.1) is 0 Å². The molecule has 19 heavy (non-hydrogen) atoms. The first kappa shape index (κ1) is 12.2. The summed E-state index contributed by atoms with van der Waals surface area (Å²) < 4.78 is 8.05. The normalized spacial score (nSPS) is 10.8. The van der Waals surface area contributed by atoms with Crippen LogP contribution in [0.4, 0.5) is 0 Å². The summed E-state index contributed by atoms with van der Waals surface area (Å²) in [5, 5.41) is 4.38. The average molecular weight is 318 g/mol. The van der Waals surface area contributed by atoms with Gasteiger partial charge in [-0.05, 0) is 39.7 Å². The predicted octanol–water partition coefficient (Wildman–Crippen LogP) is 3.25. The molecule has 0 atom stereocenters. The van der Waals surface area contributed by atoms with Crippen LogP contribution in [0.2, 0.25) is 0 Å². The molecular weight excluding hydrogens is 306 g/mol. The number of halogens is 1. The lowest BCUT2D eigenvalue weighted by Crippen LogP contribution is -2.01. The van der Waals surface area contributed by atoms with Gasteiger partial charge < -0.3 is 4.74 Å². The second kappa shape index (κ2) is 5.01. The van der Waals surface area contributed by atoms with Crippen LogP contribution in [0.3, 0.4) is 0 Å². The summed E-state index contributed by atoms with van der Waals surface area (Å²) in [6, 6.07) is 10.0. The zero-order valence-corrected chi connectivity index (χ0v) is 12.0. The molecule has 2 heterocycles. The van der Waals surface area contributed by atoms with E-state index in [0.717, 1.165) is 21.3 Å². The molecule has 0 unspecified atom stereocenters. The number of rotatable bonds is 3. The lowest BCUT2D eigenvalue weighted by Gasteiger charge is -2.05. The average Bonchev–Trinajstić information content (AvgIpc) is 2.82. The second-order valence-corrected chi connectivity index (χ2v) is 5.12. The summed E-state index contributed by atoms with van der Waals surface area (Å²) in [6.45, 7) is 0.714. The van der Waals surface area contributed by atoms with Crippen molar-refractivity contribution >= 4 is 27.0 Å². The van der Waals surface area contributed by atoms with E-state index < -0.39 is 0 Å². The predicted molar refractivity (Wildman–Crippen MR) is 77.3 cm³/mol. The smallest absolute Gasteiger partial charge is 0.118 e. The van der Waals surface area contributed by atoms with E-state index >= 15 is 0 Å². The van der Waals surface area contributed by atoms with E-state index in [2.05, 4.69) is 26.0 Å². The Morgan fingerprint density at radius 1 is 1.21 bits per heavy atom. The fraction of sp³-hybridized carbons (Fsp3) is 0.143. The summed E-state index contributed by atoms with van der Waals surface area (Å²) in [7, 11) is 1.67. The SMILES string of the molecule is COc1ccc(Cn2ncc3ncc(Br)cc32)cc1. The van der Waals surface area contributed by atoms with Gasteiger partial charge in [-0.1, -0.05) is 12.1 Å². The number of fused-ring (bicyclic) bond motifs is 1. The summed E-state index contributed by atoms with van der Waals surface area (Å²) >= 11 is 3.44. The van der Waals surface area contributed by atoms with E-state index in [9.17, 15) is 0 Å². The minimum atomic E-state index is 0.714. The Hall–Kier alpha value is -1.88. The monoisotopic (exact) mass is 317 g/mol. The van der Waals surface area contributed by atoms with Crippen LogP contribution < -0.4 is 4.74 Å². The molecule has 0 fully saturated rings. The van der Waals surface area contributed by atoms with Crippen molar-refractivity contribution in [3.05, 3.63) is 52.8 Å². The second-order valence-electron chi connectivity index (χ2n) is 4.21. The first-order valence-electron chi connectivity index (χ1n) is 5.86. The molecule has 4 nitrogen and oxygen atoms in total. The fourth-order valence-corrected chi connectivity index (χ4v) is 2.28. The Morgan fingerprint density at radius 3 is 2.74 bits per heavy atom. The molecule has 0 aliphatic carbocycles. The lowest BCUT2D eigenvalue weighted by molar-refractivity contribution is 0.414. The highest BCUT2D eigenvalue weighted by Gasteiger charge is 2.05. The van der Waals surface area contributed by atoms with Crippen molar-refractivity contribution in [2.45, 2.75) is 6.54 Å². The Bertz CT molecular complexity index is 706.